The van der Waals surface area contributed by atoms with Crippen molar-refractivity contribution in [3.8, 4) is 0 Å². The molecule has 0 saturated carbocycles. The summed E-state index contributed by atoms with van der Waals surface area (Å²) in [5.74, 6) is 0.128. The third-order valence-corrected chi connectivity index (χ3v) is 1.70. The lowest BCUT2D eigenvalue weighted by Gasteiger charge is -1.98. The molecule has 0 aliphatic heterocycles. The van der Waals surface area contributed by atoms with Crippen molar-refractivity contribution >= 4 is 17.0 Å². The Morgan fingerprint density at radius 3 is 3.00 bits per heavy atom. The zero-order valence-corrected chi connectivity index (χ0v) is 6.90. The molecule has 0 radical (unpaired) electrons. The highest BCUT2D eigenvalue weighted by molar-refractivity contribution is 5.76. The summed E-state index contributed by atoms with van der Waals surface area (Å²) in [5.41, 5.74) is 6.02. The van der Waals surface area contributed by atoms with Crippen molar-refractivity contribution in [1.82, 2.24) is 19.9 Å². The molecule has 13 heavy (non-hydrogen) atoms. The topological polar surface area (TPSA) is 97.5 Å². The summed E-state index contributed by atoms with van der Waals surface area (Å²) >= 11 is 0. The number of hydrogen-bond acceptors (Lipinski definition) is 5. The van der Waals surface area contributed by atoms with Crippen LogP contribution in [-0.2, 0) is 0 Å². The number of rotatable bonds is 0. The van der Waals surface area contributed by atoms with Gasteiger partial charge in [-0.15, -0.1) is 0 Å². The monoisotopic (exact) mass is 177 g/mol. The zero-order valence-electron chi connectivity index (χ0n) is 6.90. The van der Waals surface area contributed by atoms with Gasteiger partial charge in [-0.3, -0.25) is 4.79 Å². The normalized spacial score (nSPS) is 10.5. The molecule has 0 amide bonds. The van der Waals surface area contributed by atoms with E-state index in [0.29, 0.717) is 16.7 Å². The quantitative estimate of drug-likeness (QED) is 0.570. The van der Waals surface area contributed by atoms with E-state index in [4.69, 9.17) is 5.73 Å². The molecule has 0 spiro atoms. The molecule has 0 unspecified atom stereocenters. The minimum absolute atomic E-state index is 0.128. The Balaban J connectivity index is 3.03. The Morgan fingerprint density at radius 2 is 2.23 bits per heavy atom. The van der Waals surface area contributed by atoms with Crippen LogP contribution in [0.1, 0.15) is 5.69 Å². The van der Waals surface area contributed by atoms with Crippen LogP contribution in [-0.4, -0.2) is 19.9 Å². The van der Waals surface area contributed by atoms with Crippen molar-refractivity contribution in [3.63, 3.8) is 0 Å². The van der Waals surface area contributed by atoms with E-state index in [1.54, 1.807) is 6.92 Å². The van der Waals surface area contributed by atoms with Crippen LogP contribution in [0.5, 0.6) is 0 Å². The van der Waals surface area contributed by atoms with Crippen molar-refractivity contribution < 1.29 is 0 Å². The van der Waals surface area contributed by atoms with Gasteiger partial charge in [0.25, 0.3) is 5.56 Å². The highest BCUT2D eigenvalue weighted by atomic mass is 16.1. The highest BCUT2D eigenvalue weighted by Gasteiger charge is 2.05. The first kappa shape index (κ1) is 7.66. The summed E-state index contributed by atoms with van der Waals surface area (Å²) in [6, 6.07) is 0. The van der Waals surface area contributed by atoms with Gasteiger partial charge in [0.2, 0.25) is 5.95 Å². The van der Waals surface area contributed by atoms with Crippen LogP contribution in [0.25, 0.3) is 11.0 Å². The van der Waals surface area contributed by atoms with Gasteiger partial charge in [0.05, 0.1) is 12.0 Å². The number of H-pyrrole nitrogens is 1. The standard InChI is InChI=1S/C7H7N5O/c1-3-4-5(12-7(8)11-3)9-2-10-6(4)13/h2H,1H3,(H3,8,9,10,11,12,13). The lowest BCUT2D eigenvalue weighted by Crippen LogP contribution is -2.11. The van der Waals surface area contributed by atoms with Gasteiger partial charge in [0.1, 0.15) is 5.39 Å². The van der Waals surface area contributed by atoms with Gasteiger partial charge in [-0.25, -0.2) is 9.97 Å². The molecular weight excluding hydrogens is 170 g/mol. The third kappa shape index (κ3) is 1.12. The van der Waals surface area contributed by atoms with E-state index in [1.165, 1.54) is 6.33 Å². The second-order valence-electron chi connectivity index (χ2n) is 2.60. The van der Waals surface area contributed by atoms with E-state index < -0.39 is 0 Å². The van der Waals surface area contributed by atoms with Gasteiger partial charge >= 0.3 is 0 Å². The van der Waals surface area contributed by atoms with Crippen LogP contribution >= 0.6 is 0 Å². The van der Waals surface area contributed by atoms with Crippen LogP contribution in [0.15, 0.2) is 11.1 Å². The Morgan fingerprint density at radius 1 is 1.46 bits per heavy atom. The Kier molecular flexibility index (Phi) is 1.48. The van der Waals surface area contributed by atoms with E-state index in [-0.39, 0.29) is 11.5 Å². The maximum atomic E-state index is 11.3. The number of nitrogens with two attached hydrogens (primary N) is 1. The van der Waals surface area contributed by atoms with Crippen LogP contribution in [0, 0.1) is 6.92 Å². The van der Waals surface area contributed by atoms with E-state index in [2.05, 4.69) is 19.9 Å². The molecule has 0 aliphatic rings. The number of nitrogens with zero attached hydrogens (tertiary/aromatic N) is 3. The Hall–Kier alpha value is -1.98. The number of aryl methyl sites for hydroxylation is 1. The van der Waals surface area contributed by atoms with Gasteiger partial charge in [-0.05, 0) is 6.92 Å². The number of aromatic nitrogens is 4. The molecule has 2 aromatic heterocycles. The van der Waals surface area contributed by atoms with Crippen molar-refractivity contribution in [2.75, 3.05) is 5.73 Å². The SMILES string of the molecule is Cc1nc(N)nc2nc[nH]c(=O)c12. The summed E-state index contributed by atoms with van der Waals surface area (Å²) in [6.07, 6.45) is 1.29. The van der Waals surface area contributed by atoms with Gasteiger partial charge in [0.15, 0.2) is 5.65 Å². The first-order valence-corrected chi connectivity index (χ1v) is 3.66. The first-order chi connectivity index (χ1) is 6.18. The van der Waals surface area contributed by atoms with Gasteiger partial charge < -0.3 is 10.7 Å². The molecule has 0 fully saturated rings. The maximum Gasteiger partial charge on any atom is 0.262 e. The third-order valence-electron chi connectivity index (χ3n) is 1.70. The van der Waals surface area contributed by atoms with E-state index >= 15 is 0 Å². The lowest BCUT2D eigenvalue weighted by molar-refractivity contribution is 1.09. The predicted octanol–water partition coefficient (Wildman–Crippen LogP) is -0.396. The minimum Gasteiger partial charge on any atom is -0.368 e. The molecule has 6 heteroatoms. The average molecular weight is 177 g/mol. The van der Waals surface area contributed by atoms with Crippen LogP contribution in [0.4, 0.5) is 5.95 Å². The number of hydrogen-bond donors (Lipinski definition) is 2. The van der Waals surface area contributed by atoms with E-state index in [9.17, 15) is 4.79 Å². The van der Waals surface area contributed by atoms with Crippen molar-refractivity contribution in [2.45, 2.75) is 6.92 Å². The fraction of sp³-hybridized carbons (Fsp3) is 0.143. The molecule has 0 aromatic carbocycles. The fourth-order valence-corrected chi connectivity index (χ4v) is 1.16. The van der Waals surface area contributed by atoms with Crippen LogP contribution in [0.3, 0.4) is 0 Å². The molecule has 2 heterocycles. The number of nitrogen functional groups attached to an aromatic ring is 1. The average Bonchev–Trinajstić information content (AvgIpc) is 2.02. The zero-order chi connectivity index (χ0) is 9.42. The first-order valence-electron chi connectivity index (χ1n) is 3.66. The second-order valence-corrected chi connectivity index (χ2v) is 2.60. The molecule has 2 aromatic rings. The van der Waals surface area contributed by atoms with E-state index in [1.807, 2.05) is 0 Å². The molecular formula is C7H7N5O. The van der Waals surface area contributed by atoms with Crippen molar-refractivity contribution in [2.24, 2.45) is 0 Å². The van der Waals surface area contributed by atoms with Gasteiger partial charge in [-0.2, -0.15) is 4.98 Å². The molecule has 0 saturated heterocycles. The Bertz CT molecular complexity index is 518. The summed E-state index contributed by atoms with van der Waals surface area (Å²) < 4.78 is 0. The number of fused-ring (bicyclic) bond motifs is 1. The molecule has 0 atom stereocenters. The molecule has 0 bridgehead atoms. The number of nitrogens with one attached hydrogen (secondary N) is 1. The smallest absolute Gasteiger partial charge is 0.262 e. The number of anilines is 1. The van der Waals surface area contributed by atoms with Gasteiger partial charge in [0, 0.05) is 0 Å². The second kappa shape index (κ2) is 2.51. The summed E-state index contributed by atoms with van der Waals surface area (Å²) in [7, 11) is 0. The molecule has 0 aliphatic carbocycles. The molecule has 2 rings (SSSR count). The number of aromatic amines is 1. The van der Waals surface area contributed by atoms with E-state index in [0.717, 1.165) is 0 Å². The Labute approximate surface area is 72.9 Å². The lowest BCUT2D eigenvalue weighted by atomic mass is 10.3. The minimum atomic E-state index is -0.248. The molecule has 6 nitrogen and oxygen atoms in total. The predicted molar refractivity (Wildman–Crippen MR) is 47.1 cm³/mol. The summed E-state index contributed by atoms with van der Waals surface area (Å²) in [4.78, 5) is 25.3. The maximum absolute atomic E-state index is 11.3. The molecule has 3 N–H and O–H groups in total. The van der Waals surface area contributed by atoms with Gasteiger partial charge in [-0.1, -0.05) is 0 Å². The fourth-order valence-electron chi connectivity index (χ4n) is 1.16. The summed E-state index contributed by atoms with van der Waals surface area (Å²) in [5, 5.41) is 0.386. The largest absolute Gasteiger partial charge is 0.368 e. The van der Waals surface area contributed by atoms with Crippen molar-refractivity contribution in [1.29, 1.82) is 0 Å². The van der Waals surface area contributed by atoms with Crippen LogP contribution < -0.4 is 11.3 Å². The van der Waals surface area contributed by atoms with Crippen LogP contribution in [0.2, 0.25) is 0 Å². The highest BCUT2D eigenvalue weighted by Crippen LogP contribution is 2.07. The van der Waals surface area contributed by atoms with Crippen molar-refractivity contribution in [3.05, 3.63) is 22.4 Å². The molecule has 66 valence electrons. The summed E-state index contributed by atoms with van der Waals surface area (Å²) in [6.45, 7) is 1.69.